The second-order valence-corrected chi connectivity index (χ2v) is 5.71. The fourth-order valence-electron chi connectivity index (χ4n) is 2.35. The number of nitrogens with one attached hydrogen (secondary N) is 1. The third-order valence-electron chi connectivity index (χ3n) is 3.57. The molecule has 1 unspecified atom stereocenters. The summed E-state index contributed by atoms with van der Waals surface area (Å²) >= 11 is 1.56. The van der Waals surface area contributed by atoms with Gasteiger partial charge in [-0.25, -0.2) is 0 Å². The number of pyridine rings is 1. The molecule has 1 atom stereocenters. The van der Waals surface area contributed by atoms with Crippen LogP contribution in [0.3, 0.4) is 0 Å². The van der Waals surface area contributed by atoms with E-state index in [0.29, 0.717) is 6.54 Å². The monoisotopic (exact) mass is 300 g/mol. The average molecular weight is 300 g/mol. The molecule has 4 nitrogen and oxygen atoms in total. The molecule has 0 amide bonds. The summed E-state index contributed by atoms with van der Waals surface area (Å²) in [4.78, 5) is 12.0. The van der Waals surface area contributed by atoms with Gasteiger partial charge in [0.25, 0.3) is 5.56 Å². The third kappa shape index (κ3) is 2.70. The van der Waals surface area contributed by atoms with E-state index in [4.69, 9.17) is 0 Å². The van der Waals surface area contributed by atoms with Gasteiger partial charge >= 0.3 is 0 Å². The molecule has 0 saturated carbocycles. The second kappa shape index (κ2) is 5.71. The van der Waals surface area contributed by atoms with Crippen LogP contribution in [0, 0.1) is 0 Å². The van der Waals surface area contributed by atoms with Crippen molar-refractivity contribution in [2.45, 2.75) is 6.10 Å². The number of anilines is 1. The van der Waals surface area contributed by atoms with Gasteiger partial charge < -0.3 is 15.0 Å². The molecule has 0 aliphatic carbocycles. The first-order valence-corrected chi connectivity index (χ1v) is 7.64. The highest BCUT2D eigenvalue weighted by Crippen LogP contribution is 2.22. The van der Waals surface area contributed by atoms with Gasteiger partial charge in [0.15, 0.2) is 0 Å². The largest absolute Gasteiger partial charge is 0.387 e. The first-order valence-electron chi connectivity index (χ1n) is 6.69. The summed E-state index contributed by atoms with van der Waals surface area (Å²) < 4.78 is 1.62. The first kappa shape index (κ1) is 13.9. The van der Waals surface area contributed by atoms with Gasteiger partial charge in [-0.05, 0) is 28.5 Å². The molecule has 2 heterocycles. The fourth-order valence-corrected chi connectivity index (χ4v) is 3.05. The number of hydrogen-bond acceptors (Lipinski definition) is 4. The number of aryl methyl sites for hydroxylation is 1. The molecule has 0 aliphatic rings. The molecule has 0 radical (unpaired) electrons. The van der Waals surface area contributed by atoms with Crippen molar-refractivity contribution in [1.82, 2.24) is 4.57 Å². The number of aliphatic hydroxyl groups is 1. The molecular formula is C16H16N2O2S. The van der Waals surface area contributed by atoms with Crippen molar-refractivity contribution in [3.63, 3.8) is 0 Å². The van der Waals surface area contributed by atoms with Crippen LogP contribution in [0.4, 0.5) is 5.69 Å². The van der Waals surface area contributed by atoms with Crippen molar-refractivity contribution in [2.75, 3.05) is 11.9 Å². The van der Waals surface area contributed by atoms with Gasteiger partial charge in [0.1, 0.15) is 0 Å². The smallest absolute Gasteiger partial charge is 0.252 e. The van der Waals surface area contributed by atoms with Crippen molar-refractivity contribution < 1.29 is 5.11 Å². The Bertz CT molecular complexity index is 809. The molecule has 0 bridgehead atoms. The highest BCUT2D eigenvalue weighted by atomic mass is 32.1. The van der Waals surface area contributed by atoms with Crippen LogP contribution >= 0.6 is 11.3 Å². The normalized spacial score (nSPS) is 12.5. The van der Waals surface area contributed by atoms with Gasteiger partial charge in [0, 0.05) is 30.7 Å². The van der Waals surface area contributed by atoms with Crippen LogP contribution in [0.25, 0.3) is 10.9 Å². The molecule has 3 rings (SSSR count). The van der Waals surface area contributed by atoms with Crippen LogP contribution in [0.2, 0.25) is 0 Å². The molecule has 108 valence electrons. The van der Waals surface area contributed by atoms with Gasteiger partial charge in [-0.1, -0.05) is 18.2 Å². The number of thiophene rings is 1. The lowest BCUT2D eigenvalue weighted by molar-refractivity contribution is 0.192. The number of rotatable bonds is 4. The average Bonchev–Trinajstić information content (AvgIpc) is 3.03. The Labute approximate surface area is 126 Å². The van der Waals surface area contributed by atoms with E-state index >= 15 is 0 Å². The number of hydrogen-bond donors (Lipinski definition) is 2. The lowest BCUT2D eigenvalue weighted by atomic mass is 10.1. The molecule has 0 saturated heterocycles. The molecule has 1 aromatic carbocycles. The number of aliphatic hydroxyl groups excluding tert-OH is 1. The lowest BCUT2D eigenvalue weighted by Crippen LogP contribution is -2.19. The minimum atomic E-state index is -0.584. The van der Waals surface area contributed by atoms with Crippen molar-refractivity contribution in [1.29, 1.82) is 0 Å². The predicted molar refractivity (Wildman–Crippen MR) is 87.0 cm³/mol. The molecule has 2 aromatic heterocycles. The highest BCUT2D eigenvalue weighted by Gasteiger charge is 2.10. The van der Waals surface area contributed by atoms with Crippen molar-refractivity contribution in [2.24, 2.45) is 7.05 Å². The summed E-state index contributed by atoms with van der Waals surface area (Å²) in [7, 11) is 1.76. The van der Waals surface area contributed by atoms with Gasteiger partial charge in [0.05, 0.1) is 11.6 Å². The molecule has 21 heavy (non-hydrogen) atoms. The maximum absolute atomic E-state index is 12.0. The Balaban J connectivity index is 1.91. The Morgan fingerprint density at radius 1 is 1.33 bits per heavy atom. The zero-order valence-corrected chi connectivity index (χ0v) is 12.4. The van der Waals surface area contributed by atoms with Crippen LogP contribution < -0.4 is 10.9 Å². The van der Waals surface area contributed by atoms with E-state index in [9.17, 15) is 9.90 Å². The Hall–Kier alpha value is -2.11. The first-order chi connectivity index (χ1) is 10.2. The molecule has 0 spiro atoms. The SMILES string of the molecule is Cn1c(=O)cc(NCC(O)c2ccsc2)c2ccccc21. The van der Waals surface area contributed by atoms with Gasteiger partial charge in [-0.2, -0.15) is 11.3 Å². The standard InChI is InChI=1S/C16H16N2O2S/c1-18-14-5-3-2-4-12(14)13(8-16(18)20)17-9-15(19)11-6-7-21-10-11/h2-8,10,15,17,19H,9H2,1H3. The zero-order valence-electron chi connectivity index (χ0n) is 11.6. The van der Waals surface area contributed by atoms with Crippen molar-refractivity contribution >= 4 is 27.9 Å². The highest BCUT2D eigenvalue weighted by molar-refractivity contribution is 7.07. The molecule has 0 aliphatic heterocycles. The van der Waals surface area contributed by atoms with E-state index < -0.39 is 6.10 Å². The predicted octanol–water partition coefficient (Wildman–Crippen LogP) is 2.75. The quantitative estimate of drug-likeness (QED) is 0.779. The van der Waals surface area contributed by atoms with Crippen LogP contribution in [0.5, 0.6) is 0 Å². The summed E-state index contributed by atoms with van der Waals surface area (Å²) in [5, 5.41) is 18.1. The zero-order chi connectivity index (χ0) is 14.8. The number of benzene rings is 1. The van der Waals surface area contributed by atoms with E-state index in [1.807, 2.05) is 41.1 Å². The topological polar surface area (TPSA) is 54.3 Å². The summed E-state index contributed by atoms with van der Waals surface area (Å²) in [6.07, 6.45) is -0.584. The van der Waals surface area contributed by atoms with Crippen LogP contribution in [0.1, 0.15) is 11.7 Å². The van der Waals surface area contributed by atoms with E-state index in [1.54, 1.807) is 29.0 Å². The number of para-hydroxylation sites is 1. The van der Waals surface area contributed by atoms with Crippen LogP contribution in [-0.2, 0) is 7.05 Å². The molecular weight excluding hydrogens is 284 g/mol. The molecule has 3 aromatic rings. The van der Waals surface area contributed by atoms with E-state index in [-0.39, 0.29) is 5.56 Å². The number of fused-ring (bicyclic) bond motifs is 1. The van der Waals surface area contributed by atoms with E-state index in [0.717, 1.165) is 22.2 Å². The number of nitrogens with zero attached hydrogens (tertiary/aromatic N) is 1. The minimum Gasteiger partial charge on any atom is -0.387 e. The molecule has 0 fully saturated rings. The van der Waals surface area contributed by atoms with Gasteiger partial charge in [0.2, 0.25) is 0 Å². The summed E-state index contributed by atoms with van der Waals surface area (Å²) in [6.45, 7) is 0.369. The fraction of sp³-hybridized carbons (Fsp3) is 0.188. The number of aromatic nitrogens is 1. The Kier molecular flexibility index (Phi) is 3.77. The summed E-state index contributed by atoms with van der Waals surface area (Å²) in [5.74, 6) is 0. The molecule has 5 heteroatoms. The van der Waals surface area contributed by atoms with Crippen LogP contribution in [0.15, 0.2) is 52.0 Å². The van der Waals surface area contributed by atoms with Crippen LogP contribution in [-0.4, -0.2) is 16.2 Å². The summed E-state index contributed by atoms with van der Waals surface area (Å²) in [6, 6.07) is 11.2. The van der Waals surface area contributed by atoms with Gasteiger partial charge in [-0.3, -0.25) is 4.79 Å². The van der Waals surface area contributed by atoms with E-state index in [2.05, 4.69) is 5.32 Å². The minimum absolute atomic E-state index is 0.0683. The van der Waals surface area contributed by atoms with Crippen molar-refractivity contribution in [3.05, 3.63) is 63.1 Å². The van der Waals surface area contributed by atoms with Crippen molar-refractivity contribution in [3.8, 4) is 0 Å². The molecule has 2 N–H and O–H groups in total. The third-order valence-corrected chi connectivity index (χ3v) is 4.27. The lowest BCUT2D eigenvalue weighted by Gasteiger charge is -2.14. The Morgan fingerprint density at radius 2 is 2.14 bits per heavy atom. The Morgan fingerprint density at radius 3 is 2.90 bits per heavy atom. The second-order valence-electron chi connectivity index (χ2n) is 4.93. The maximum atomic E-state index is 12.0. The maximum Gasteiger partial charge on any atom is 0.252 e. The summed E-state index contributed by atoms with van der Waals surface area (Å²) in [5.41, 5.74) is 2.45. The van der Waals surface area contributed by atoms with E-state index in [1.165, 1.54) is 0 Å². The van der Waals surface area contributed by atoms with Gasteiger partial charge in [-0.15, -0.1) is 0 Å².